The molecule has 3 heteroatoms. The molecule has 1 amide bonds. The van der Waals surface area contributed by atoms with Crippen molar-refractivity contribution in [2.75, 3.05) is 13.1 Å². The molecule has 1 aromatic carbocycles. The molecule has 3 nitrogen and oxygen atoms in total. The lowest BCUT2D eigenvalue weighted by Crippen LogP contribution is -2.48. The minimum Gasteiger partial charge on any atom is -0.353 e. The predicted octanol–water partition coefficient (Wildman–Crippen LogP) is 4.00. The average Bonchev–Trinajstić information content (AvgIpc) is 2.54. The second-order valence-electron chi connectivity index (χ2n) is 8.08. The molecule has 1 atom stereocenters. The van der Waals surface area contributed by atoms with Crippen LogP contribution in [-0.2, 0) is 11.3 Å². The number of rotatable bonds is 6. The fourth-order valence-electron chi connectivity index (χ4n) is 3.75. The minimum atomic E-state index is 0.129. The fourth-order valence-corrected chi connectivity index (χ4v) is 3.75. The van der Waals surface area contributed by atoms with E-state index in [1.54, 1.807) is 0 Å². The number of carbonyl (C=O) groups excluding carboxylic acids is 1. The lowest BCUT2D eigenvalue weighted by molar-refractivity contribution is -0.128. The van der Waals surface area contributed by atoms with Crippen molar-refractivity contribution in [1.82, 2.24) is 10.2 Å². The summed E-state index contributed by atoms with van der Waals surface area (Å²) in [6.07, 6.45) is 2.12. The number of hydrogen-bond donors (Lipinski definition) is 1. The minimum absolute atomic E-state index is 0.129. The highest BCUT2D eigenvalue weighted by Crippen LogP contribution is 2.20. The summed E-state index contributed by atoms with van der Waals surface area (Å²) in [4.78, 5) is 15.2. The number of aryl methyl sites for hydroxylation is 1. The first-order valence-electron chi connectivity index (χ1n) is 9.45. The molecule has 0 saturated carbocycles. The summed E-state index contributed by atoms with van der Waals surface area (Å²) in [5.41, 5.74) is 2.63. The first-order chi connectivity index (χ1) is 11.4. The van der Waals surface area contributed by atoms with Gasteiger partial charge in [-0.15, -0.1) is 0 Å². The summed E-state index contributed by atoms with van der Waals surface area (Å²) in [5.74, 6) is 1.32. The van der Waals surface area contributed by atoms with Crippen LogP contribution < -0.4 is 5.32 Å². The molecule has 24 heavy (non-hydrogen) atoms. The zero-order valence-electron chi connectivity index (χ0n) is 16.0. The van der Waals surface area contributed by atoms with Gasteiger partial charge in [0.1, 0.15) is 0 Å². The molecule has 1 heterocycles. The van der Waals surface area contributed by atoms with Crippen LogP contribution in [-0.4, -0.2) is 29.9 Å². The maximum absolute atomic E-state index is 12.7. The molecule has 0 bridgehead atoms. The molecule has 1 aliphatic heterocycles. The Labute approximate surface area is 147 Å². The van der Waals surface area contributed by atoms with Gasteiger partial charge in [-0.1, -0.05) is 57.5 Å². The zero-order chi connectivity index (χ0) is 17.7. The third kappa shape index (κ3) is 5.34. The number of nitrogens with zero attached hydrogens (tertiary/aromatic N) is 1. The highest BCUT2D eigenvalue weighted by Gasteiger charge is 2.28. The van der Waals surface area contributed by atoms with Crippen LogP contribution in [0.1, 0.15) is 51.7 Å². The van der Waals surface area contributed by atoms with E-state index >= 15 is 0 Å². The standard InChI is InChI=1S/C21H34N2O/c1-15(2)20(16(3)4)22-21(24)19-7-6-12-23(14-19)13-18-10-8-17(5)9-11-18/h8-11,15-16,19-20H,6-7,12-14H2,1-5H3,(H,22,24). The van der Waals surface area contributed by atoms with Gasteiger partial charge in [0.25, 0.3) is 0 Å². The smallest absolute Gasteiger partial charge is 0.224 e. The number of benzene rings is 1. The summed E-state index contributed by atoms with van der Waals surface area (Å²) >= 11 is 0. The second-order valence-corrected chi connectivity index (χ2v) is 8.08. The van der Waals surface area contributed by atoms with E-state index in [2.05, 4.69) is 69.1 Å². The Bertz CT molecular complexity index is 513. The van der Waals surface area contributed by atoms with Crippen LogP contribution in [0.15, 0.2) is 24.3 Å². The van der Waals surface area contributed by atoms with Gasteiger partial charge in [0.15, 0.2) is 0 Å². The monoisotopic (exact) mass is 330 g/mol. The lowest BCUT2D eigenvalue weighted by Gasteiger charge is -2.34. The van der Waals surface area contributed by atoms with Crippen molar-refractivity contribution in [3.63, 3.8) is 0 Å². The Morgan fingerprint density at radius 1 is 1.17 bits per heavy atom. The number of amides is 1. The molecule has 0 radical (unpaired) electrons. The number of piperidine rings is 1. The largest absolute Gasteiger partial charge is 0.353 e. The topological polar surface area (TPSA) is 32.3 Å². The van der Waals surface area contributed by atoms with Crippen LogP contribution in [0.4, 0.5) is 0 Å². The van der Waals surface area contributed by atoms with Gasteiger partial charge < -0.3 is 5.32 Å². The van der Waals surface area contributed by atoms with Gasteiger partial charge in [-0.2, -0.15) is 0 Å². The van der Waals surface area contributed by atoms with Gasteiger partial charge in [0, 0.05) is 19.1 Å². The number of carbonyl (C=O) groups is 1. The van der Waals surface area contributed by atoms with Gasteiger partial charge in [-0.05, 0) is 43.7 Å². The first-order valence-corrected chi connectivity index (χ1v) is 9.45. The molecule has 0 aromatic heterocycles. The van der Waals surface area contributed by atoms with E-state index in [1.807, 2.05) is 0 Å². The van der Waals surface area contributed by atoms with Crippen LogP contribution in [0.5, 0.6) is 0 Å². The molecule has 0 aliphatic carbocycles. The van der Waals surface area contributed by atoms with Crippen molar-refractivity contribution >= 4 is 5.91 Å². The number of nitrogens with one attached hydrogen (secondary N) is 1. The molecule has 1 aliphatic rings. The second kappa shape index (κ2) is 8.66. The van der Waals surface area contributed by atoms with Crippen molar-refractivity contribution in [2.24, 2.45) is 17.8 Å². The molecule has 1 aromatic rings. The van der Waals surface area contributed by atoms with Crippen LogP contribution in [0.3, 0.4) is 0 Å². The quantitative estimate of drug-likeness (QED) is 0.855. The molecule has 2 rings (SSSR count). The zero-order valence-corrected chi connectivity index (χ0v) is 16.0. The Morgan fingerprint density at radius 3 is 2.38 bits per heavy atom. The lowest BCUT2D eigenvalue weighted by atomic mass is 9.91. The Balaban J connectivity index is 1.92. The van der Waals surface area contributed by atoms with Crippen molar-refractivity contribution < 1.29 is 4.79 Å². The van der Waals surface area contributed by atoms with Crippen LogP contribution in [0.25, 0.3) is 0 Å². The van der Waals surface area contributed by atoms with Gasteiger partial charge in [0.05, 0.1) is 5.92 Å². The molecule has 1 fully saturated rings. The van der Waals surface area contributed by atoms with E-state index in [0.717, 1.165) is 32.5 Å². The van der Waals surface area contributed by atoms with Gasteiger partial charge in [-0.25, -0.2) is 0 Å². The molecular weight excluding hydrogens is 296 g/mol. The average molecular weight is 331 g/mol. The summed E-state index contributed by atoms with van der Waals surface area (Å²) in [5, 5.41) is 3.31. The maximum atomic E-state index is 12.7. The molecule has 1 unspecified atom stereocenters. The first kappa shape index (κ1) is 19.0. The molecule has 0 spiro atoms. The van der Waals surface area contributed by atoms with Crippen molar-refractivity contribution in [2.45, 2.75) is 60.0 Å². The van der Waals surface area contributed by atoms with Gasteiger partial charge in [-0.3, -0.25) is 9.69 Å². The summed E-state index contributed by atoms with van der Waals surface area (Å²) in [6, 6.07) is 9.00. The third-order valence-electron chi connectivity index (χ3n) is 5.15. The maximum Gasteiger partial charge on any atom is 0.224 e. The van der Waals surface area contributed by atoms with E-state index in [4.69, 9.17) is 0 Å². The van der Waals surface area contributed by atoms with E-state index < -0.39 is 0 Å². The number of likely N-dealkylation sites (tertiary alicyclic amines) is 1. The van der Waals surface area contributed by atoms with Gasteiger partial charge >= 0.3 is 0 Å². The highest BCUT2D eigenvalue weighted by atomic mass is 16.2. The summed E-state index contributed by atoms with van der Waals surface area (Å²) in [7, 11) is 0. The molecule has 134 valence electrons. The molecular formula is C21H34N2O. The molecule has 1 N–H and O–H groups in total. The predicted molar refractivity (Wildman–Crippen MR) is 101 cm³/mol. The van der Waals surface area contributed by atoms with Crippen LogP contribution >= 0.6 is 0 Å². The number of hydrogen-bond acceptors (Lipinski definition) is 2. The van der Waals surface area contributed by atoms with Crippen molar-refractivity contribution in [1.29, 1.82) is 0 Å². The Morgan fingerprint density at radius 2 is 1.79 bits per heavy atom. The highest BCUT2D eigenvalue weighted by molar-refractivity contribution is 5.79. The fraction of sp³-hybridized carbons (Fsp3) is 0.667. The van der Waals surface area contributed by atoms with E-state index in [-0.39, 0.29) is 17.9 Å². The van der Waals surface area contributed by atoms with E-state index in [1.165, 1.54) is 11.1 Å². The molecule has 1 saturated heterocycles. The Hall–Kier alpha value is -1.35. The summed E-state index contributed by atoms with van der Waals surface area (Å²) in [6.45, 7) is 13.8. The van der Waals surface area contributed by atoms with Crippen molar-refractivity contribution in [3.8, 4) is 0 Å². The van der Waals surface area contributed by atoms with Crippen LogP contribution in [0.2, 0.25) is 0 Å². The van der Waals surface area contributed by atoms with E-state index in [9.17, 15) is 4.79 Å². The Kier molecular flexibility index (Phi) is 6.85. The van der Waals surface area contributed by atoms with Crippen molar-refractivity contribution in [3.05, 3.63) is 35.4 Å². The third-order valence-corrected chi connectivity index (χ3v) is 5.15. The van der Waals surface area contributed by atoms with Crippen LogP contribution in [0, 0.1) is 24.7 Å². The summed E-state index contributed by atoms with van der Waals surface area (Å²) < 4.78 is 0. The normalized spacial score (nSPS) is 19.2. The van der Waals surface area contributed by atoms with Gasteiger partial charge in [0.2, 0.25) is 5.91 Å². The van der Waals surface area contributed by atoms with E-state index in [0.29, 0.717) is 11.8 Å². The SMILES string of the molecule is Cc1ccc(CN2CCCC(C(=O)NC(C(C)C)C(C)C)C2)cc1.